The van der Waals surface area contributed by atoms with Crippen LogP contribution in [-0.4, -0.2) is 19.0 Å². The fourth-order valence-corrected chi connectivity index (χ4v) is 5.63. The molecule has 31 heavy (non-hydrogen) atoms. The Balaban J connectivity index is 1.75. The number of quaternary nitrogens is 1. The van der Waals surface area contributed by atoms with Crippen molar-refractivity contribution in [3.8, 4) is 0 Å². The van der Waals surface area contributed by atoms with Gasteiger partial charge in [-0.05, 0) is 74.6 Å². The summed E-state index contributed by atoms with van der Waals surface area (Å²) in [4.78, 5) is 15.6. The van der Waals surface area contributed by atoms with Gasteiger partial charge in [0.15, 0.2) is 0 Å². The van der Waals surface area contributed by atoms with Gasteiger partial charge >= 0.3 is 0 Å². The van der Waals surface area contributed by atoms with Crippen molar-refractivity contribution in [2.45, 2.75) is 39.7 Å². The quantitative estimate of drug-likeness (QED) is 0.568. The average molecular weight is 438 g/mol. The Bertz CT molecular complexity index is 1040. The number of hydrogen-bond donors (Lipinski definition) is 2. The lowest BCUT2D eigenvalue weighted by molar-refractivity contribution is -0.931. The predicted octanol–water partition coefficient (Wildman–Crippen LogP) is 5.16. The van der Waals surface area contributed by atoms with Crippen molar-refractivity contribution >= 4 is 22.2 Å². The van der Waals surface area contributed by atoms with Crippen LogP contribution in [0.4, 0.5) is 9.39 Å². The van der Waals surface area contributed by atoms with Crippen LogP contribution < -0.4 is 10.2 Å². The molecule has 0 spiro atoms. The Kier molecular flexibility index (Phi) is 6.54. The summed E-state index contributed by atoms with van der Waals surface area (Å²) in [6, 6.07) is 16.3. The topological polar surface area (TPSA) is 33.5 Å². The van der Waals surface area contributed by atoms with Gasteiger partial charge in [-0.3, -0.25) is 4.79 Å². The smallest absolute Gasteiger partial charge is 0.256 e. The molecule has 1 aliphatic heterocycles. The lowest BCUT2D eigenvalue weighted by atomic mass is 9.91. The van der Waals surface area contributed by atoms with Crippen LogP contribution in [0.1, 0.15) is 57.7 Å². The van der Waals surface area contributed by atoms with Crippen LogP contribution in [-0.2, 0) is 0 Å². The molecule has 1 amide bonds. The molecule has 4 rings (SSSR count). The maximum Gasteiger partial charge on any atom is 0.256 e. The molecule has 2 N–H and O–H groups in total. The lowest BCUT2D eigenvalue weighted by Gasteiger charge is -2.34. The first-order chi connectivity index (χ1) is 14.9. The number of rotatable bonds is 5. The van der Waals surface area contributed by atoms with Crippen LogP contribution in [0, 0.1) is 25.6 Å². The Morgan fingerprint density at radius 1 is 1.06 bits per heavy atom. The molecule has 2 aromatic carbocycles. The number of aryl methyl sites for hydroxylation is 1. The highest BCUT2D eigenvalue weighted by molar-refractivity contribution is 7.16. The third-order valence-electron chi connectivity index (χ3n) is 6.51. The third kappa shape index (κ3) is 4.73. The first-order valence-electron chi connectivity index (χ1n) is 11.0. The Morgan fingerprint density at radius 2 is 1.71 bits per heavy atom. The first kappa shape index (κ1) is 21.7. The van der Waals surface area contributed by atoms with E-state index in [1.165, 1.54) is 33.7 Å². The second-order valence-electron chi connectivity index (χ2n) is 8.67. The van der Waals surface area contributed by atoms with E-state index in [9.17, 15) is 9.18 Å². The Hall–Kier alpha value is -2.50. The third-order valence-corrected chi connectivity index (χ3v) is 7.65. The van der Waals surface area contributed by atoms with Crippen LogP contribution in [0.15, 0.2) is 54.6 Å². The van der Waals surface area contributed by atoms with Gasteiger partial charge in [0.25, 0.3) is 5.91 Å². The van der Waals surface area contributed by atoms with Gasteiger partial charge in [-0.1, -0.05) is 25.1 Å². The summed E-state index contributed by atoms with van der Waals surface area (Å²) in [5.74, 6) is 0.420. The van der Waals surface area contributed by atoms with E-state index < -0.39 is 0 Å². The number of amides is 1. The van der Waals surface area contributed by atoms with Gasteiger partial charge in [0, 0.05) is 16.0 Å². The van der Waals surface area contributed by atoms with E-state index >= 15 is 0 Å². The molecule has 3 nitrogen and oxygen atoms in total. The normalized spacial score (nSPS) is 19.7. The van der Waals surface area contributed by atoms with Gasteiger partial charge in [0.2, 0.25) is 0 Å². The number of hydrogen-bond acceptors (Lipinski definition) is 2. The zero-order chi connectivity index (χ0) is 22.0. The van der Waals surface area contributed by atoms with Gasteiger partial charge in [0.05, 0.1) is 18.7 Å². The number of likely N-dealkylation sites (tertiary alicyclic amines) is 1. The fraction of sp³-hybridized carbons (Fsp3) is 0.346. The molecule has 1 atom stereocenters. The molecule has 0 bridgehead atoms. The molecular weight excluding hydrogens is 407 g/mol. The van der Waals surface area contributed by atoms with Gasteiger partial charge < -0.3 is 10.2 Å². The van der Waals surface area contributed by atoms with Gasteiger partial charge in [-0.25, -0.2) is 4.39 Å². The van der Waals surface area contributed by atoms with E-state index in [2.05, 4.69) is 26.1 Å². The van der Waals surface area contributed by atoms with Crippen LogP contribution >= 0.6 is 11.3 Å². The minimum absolute atomic E-state index is 0.0733. The summed E-state index contributed by atoms with van der Waals surface area (Å²) in [6.07, 6.45) is 2.36. The molecule has 3 aromatic rings. The molecule has 1 aromatic heterocycles. The Morgan fingerprint density at radius 3 is 2.35 bits per heavy atom. The molecule has 0 aliphatic carbocycles. The lowest BCUT2D eigenvalue weighted by Crippen LogP contribution is -3.13. The molecule has 1 saturated heterocycles. The summed E-state index contributed by atoms with van der Waals surface area (Å²) in [5, 5.41) is 4.10. The molecule has 2 heterocycles. The number of carbonyl (C=O) groups is 1. The first-order valence-corrected chi connectivity index (χ1v) is 11.8. The van der Waals surface area contributed by atoms with Gasteiger partial charge in [-0.15, -0.1) is 11.3 Å². The van der Waals surface area contributed by atoms with Crippen LogP contribution in [0.5, 0.6) is 0 Å². The van der Waals surface area contributed by atoms with E-state index in [0.29, 0.717) is 5.56 Å². The molecule has 1 aliphatic rings. The molecule has 0 saturated carbocycles. The van der Waals surface area contributed by atoms with Crippen molar-refractivity contribution in [1.29, 1.82) is 0 Å². The van der Waals surface area contributed by atoms with Crippen LogP contribution in [0.25, 0.3) is 0 Å². The number of benzene rings is 2. The molecule has 0 unspecified atom stereocenters. The monoisotopic (exact) mass is 437 g/mol. The number of anilines is 1. The van der Waals surface area contributed by atoms with E-state index in [1.54, 1.807) is 23.5 Å². The van der Waals surface area contributed by atoms with Crippen molar-refractivity contribution in [2.24, 2.45) is 5.92 Å². The average Bonchev–Trinajstić information content (AvgIpc) is 3.05. The second kappa shape index (κ2) is 9.33. The molecule has 162 valence electrons. The zero-order valence-corrected chi connectivity index (χ0v) is 19.2. The van der Waals surface area contributed by atoms with E-state index in [4.69, 9.17) is 0 Å². The predicted molar refractivity (Wildman–Crippen MR) is 126 cm³/mol. The van der Waals surface area contributed by atoms with E-state index in [-0.39, 0.29) is 17.8 Å². The maximum absolute atomic E-state index is 13.7. The summed E-state index contributed by atoms with van der Waals surface area (Å²) in [7, 11) is 0. The summed E-state index contributed by atoms with van der Waals surface area (Å²) >= 11 is 1.64. The maximum atomic E-state index is 13.7. The summed E-state index contributed by atoms with van der Waals surface area (Å²) in [5.41, 5.74) is 4.13. The Labute approximate surface area is 187 Å². The van der Waals surface area contributed by atoms with E-state index in [1.807, 2.05) is 42.5 Å². The van der Waals surface area contributed by atoms with Crippen molar-refractivity contribution in [3.63, 3.8) is 0 Å². The molecular formula is C26H30FN2OS+. The summed E-state index contributed by atoms with van der Waals surface area (Å²) < 4.78 is 13.7. The van der Waals surface area contributed by atoms with Crippen molar-refractivity contribution < 1.29 is 14.1 Å². The van der Waals surface area contributed by atoms with Crippen molar-refractivity contribution in [2.75, 3.05) is 18.4 Å². The van der Waals surface area contributed by atoms with Crippen LogP contribution in [0.3, 0.4) is 0 Å². The number of thiophene rings is 1. The zero-order valence-electron chi connectivity index (χ0n) is 18.4. The standard InChI is InChI=1S/C26H29FN2OS/c1-17-13-15-29(16-14-17)24(20-9-11-22(27)12-10-20)23-18(2)19(3)31-26(23)28-25(30)21-7-5-4-6-8-21/h4-12,17,24H,13-16H2,1-3H3,(H,28,30)/p+1/t24-/m1/s1. The largest absolute Gasteiger partial charge is 0.325 e. The highest BCUT2D eigenvalue weighted by Gasteiger charge is 2.34. The number of carbonyl (C=O) groups excluding carboxylic acids is 1. The van der Waals surface area contributed by atoms with Crippen LogP contribution in [0.2, 0.25) is 0 Å². The van der Waals surface area contributed by atoms with E-state index in [0.717, 1.165) is 29.6 Å². The molecule has 1 fully saturated rings. The van der Waals surface area contributed by atoms with Crippen molar-refractivity contribution in [3.05, 3.63) is 87.5 Å². The minimum Gasteiger partial charge on any atom is -0.325 e. The number of piperidine rings is 1. The van der Waals surface area contributed by atoms with Crippen molar-refractivity contribution in [1.82, 2.24) is 0 Å². The molecule has 5 heteroatoms. The highest BCUT2D eigenvalue weighted by atomic mass is 32.1. The number of halogens is 1. The van der Waals surface area contributed by atoms with Gasteiger partial charge in [0.1, 0.15) is 16.9 Å². The molecule has 0 radical (unpaired) electrons. The number of nitrogens with one attached hydrogen (secondary N) is 2. The fourth-order valence-electron chi connectivity index (χ4n) is 4.53. The highest BCUT2D eigenvalue weighted by Crippen LogP contribution is 2.39. The second-order valence-corrected chi connectivity index (χ2v) is 9.90. The minimum atomic E-state index is -0.222. The van der Waals surface area contributed by atoms with Gasteiger partial charge in [-0.2, -0.15) is 0 Å². The summed E-state index contributed by atoms with van der Waals surface area (Å²) in [6.45, 7) is 8.71. The SMILES string of the molecule is Cc1sc(NC(=O)c2ccccc2)c([C@@H](c2ccc(F)cc2)[NH+]2CCC(C)CC2)c1C.